The molecule has 0 bridgehead atoms. The number of aromatic nitrogens is 1. The molecule has 3 N–H and O–H groups in total. The highest BCUT2D eigenvalue weighted by molar-refractivity contribution is 7.22. The lowest BCUT2D eigenvalue weighted by Crippen LogP contribution is -2.28. The van der Waals surface area contributed by atoms with Gasteiger partial charge in [-0.15, -0.1) is 0 Å². The molecule has 0 aliphatic carbocycles. The van der Waals surface area contributed by atoms with Crippen molar-refractivity contribution in [2.45, 2.75) is 6.92 Å². The summed E-state index contributed by atoms with van der Waals surface area (Å²) in [5.41, 5.74) is 1.25. The summed E-state index contributed by atoms with van der Waals surface area (Å²) in [4.78, 5) is 20.3. The van der Waals surface area contributed by atoms with Crippen LogP contribution >= 0.6 is 11.3 Å². The van der Waals surface area contributed by atoms with Gasteiger partial charge in [-0.1, -0.05) is 16.5 Å². The van der Waals surface area contributed by atoms with Gasteiger partial charge in [-0.3, -0.25) is 5.32 Å². The van der Waals surface area contributed by atoms with Gasteiger partial charge in [-0.2, -0.15) is 0 Å². The summed E-state index contributed by atoms with van der Waals surface area (Å²) < 4.78 is 0.801. The highest BCUT2D eigenvalue weighted by Crippen LogP contribution is 2.31. The van der Waals surface area contributed by atoms with Gasteiger partial charge in [0, 0.05) is 18.2 Å². The van der Waals surface area contributed by atoms with Crippen LogP contribution in [0.2, 0.25) is 0 Å². The molecule has 2 rings (SSSR count). The lowest BCUT2D eigenvalue weighted by atomic mass is 10.2. The Labute approximate surface area is 119 Å². The van der Waals surface area contributed by atoms with Crippen molar-refractivity contribution in [3.63, 3.8) is 0 Å². The summed E-state index contributed by atoms with van der Waals surface area (Å²) in [6, 6.07) is 2.76. The van der Waals surface area contributed by atoms with Crippen molar-refractivity contribution in [1.82, 2.24) is 10.3 Å². The zero-order chi connectivity index (χ0) is 14.5. The number of phenols is 1. The molecule has 0 atom stereocenters. The van der Waals surface area contributed by atoms with E-state index in [0.717, 1.165) is 4.70 Å². The van der Waals surface area contributed by atoms with Gasteiger partial charge in [0.25, 0.3) is 0 Å². The highest BCUT2D eigenvalue weighted by Gasteiger charge is 2.11. The van der Waals surface area contributed by atoms with E-state index in [4.69, 9.17) is 0 Å². The molecule has 1 aromatic heterocycles. The number of anilines is 1. The average Bonchev–Trinajstić information content (AvgIpc) is 2.78. The van der Waals surface area contributed by atoms with E-state index in [0.29, 0.717) is 22.8 Å². The number of rotatable bonds is 4. The first-order valence-electron chi connectivity index (χ1n) is 5.89. The minimum Gasteiger partial charge on any atom is -0.508 e. The molecule has 0 fully saturated rings. The van der Waals surface area contributed by atoms with Gasteiger partial charge < -0.3 is 15.3 Å². The van der Waals surface area contributed by atoms with E-state index in [9.17, 15) is 9.90 Å². The predicted molar refractivity (Wildman–Crippen MR) is 78.6 cm³/mol. The number of hydrogen-bond acceptors (Lipinski definition) is 6. The van der Waals surface area contributed by atoms with Crippen LogP contribution < -0.4 is 10.6 Å². The van der Waals surface area contributed by atoms with Crippen molar-refractivity contribution in [1.29, 1.82) is 0 Å². The SMILES string of the molecule is CCNC(=O)Nc1nc2cc(O)cc(/C=N\OC)c2s1. The maximum Gasteiger partial charge on any atom is 0.321 e. The third kappa shape index (κ3) is 3.15. The standard InChI is InChI=1S/C12H14N4O3S/c1-3-13-11(18)16-12-15-9-5-8(17)4-7(6-14-19-2)10(9)20-12/h4-6,17H,3H2,1-2H3,(H2,13,15,16,18)/b14-6-. The first-order valence-corrected chi connectivity index (χ1v) is 6.70. The topological polar surface area (TPSA) is 95.8 Å². The molecule has 0 radical (unpaired) electrons. The average molecular weight is 294 g/mol. The lowest BCUT2D eigenvalue weighted by molar-refractivity contribution is 0.215. The predicted octanol–water partition coefficient (Wildman–Crippen LogP) is 2.12. The number of carbonyl (C=O) groups excluding carboxylic acids is 1. The number of urea groups is 1. The van der Waals surface area contributed by atoms with E-state index >= 15 is 0 Å². The molecule has 20 heavy (non-hydrogen) atoms. The number of oxime groups is 1. The third-order valence-corrected chi connectivity index (χ3v) is 3.39. The van der Waals surface area contributed by atoms with E-state index in [2.05, 4.69) is 25.6 Å². The van der Waals surface area contributed by atoms with E-state index in [1.807, 2.05) is 6.92 Å². The Balaban J connectivity index is 2.37. The monoisotopic (exact) mass is 294 g/mol. The summed E-state index contributed by atoms with van der Waals surface area (Å²) >= 11 is 1.30. The van der Waals surface area contributed by atoms with Gasteiger partial charge in [0.05, 0.1) is 16.4 Å². The van der Waals surface area contributed by atoms with Gasteiger partial charge in [0.2, 0.25) is 0 Å². The Hall–Kier alpha value is -2.35. The van der Waals surface area contributed by atoms with Crippen LogP contribution in [0.1, 0.15) is 12.5 Å². The number of phenolic OH excluding ortho intramolecular Hbond substituents is 1. The van der Waals surface area contributed by atoms with Crippen molar-refractivity contribution in [2.75, 3.05) is 19.0 Å². The highest BCUT2D eigenvalue weighted by atomic mass is 32.1. The molecule has 8 heteroatoms. The van der Waals surface area contributed by atoms with Gasteiger partial charge in [-0.25, -0.2) is 9.78 Å². The molecule has 0 aliphatic rings. The van der Waals surface area contributed by atoms with Gasteiger partial charge in [-0.05, 0) is 13.0 Å². The Morgan fingerprint density at radius 3 is 3.10 bits per heavy atom. The molecule has 106 valence electrons. The number of fused-ring (bicyclic) bond motifs is 1. The lowest BCUT2D eigenvalue weighted by Gasteiger charge is -2.00. The second-order valence-electron chi connectivity index (χ2n) is 3.80. The molecule has 0 saturated heterocycles. The summed E-state index contributed by atoms with van der Waals surface area (Å²) in [7, 11) is 1.44. The van der Waals surface area contributed by atoms with Crippen LogP contribution in [-0.2, 0) is 4.84 Å². The summed E-state index contributed by atoms with van der Waals surface area (Å²) in [5, 5.41) is 19.0. The Bertz CT molecular complexity index is 653. The van der Waals surface area contributed by atoms with Crippen LogP contribution in [0.4, 0.5) is 9.93 Å². The largest absolute Gasteiger partial charge is 0.508 e. The van der Waals surface area contributed by atoms with Crippen LogP contribution in [-0.4, -0.2) is 36.0 Å². The molecule has 0 saturated carbocycles. The smallest absolute Gasteiger partial charge is 0.321 e. The zero-order valence-corrected chi connectivity index (χ0v) is 11.8. The van der Waals surface area contributed by atoms with Crippen LogP contribution in [0.3, 0.4) is 0 Å². The first kappa shape index (κ1) is 14.1. The van der Waals surface area contributed by atoms with Crippen molar-refractivity contribution in [3.05, 3.63) is 17.7 Å². The Morgan fingerprint density at radius 2 is 2.40 bits per heavy atom. The Morgan fingerprint density at radius 1 is 1.60 bits per heavy atom. The number of thiazole rings is 1. The quantitative estimate of drug-likeness (QED) is 0.594. The molecule has 7 nitrogen and oxygen atoms in total. The van der Waals surface area contributed by atoms with Crippen LogP contribution in [0.25, 0.3) is 10.2 Å². The van der Waals surface area contributed by atoms with Gasteiger partial charge in [0.1, 0.15) is 12.9 Å². The summed E-state index contributed by atoms with van der Waals surface area (Å²) in [6.07, 6.45) is 1.48. The molecular formula is C12H14N4O3S. The fourth-order valence-electron chi connectivity index (χ4n) is 1.60. The van der Waals surface area contributed by atoms with E-state index in [1.165, 1.54) is 30.7 Å². The number of hydrogen-bond donors (Lipinski definition) is 3. The fourth-order valence-corrected chi connectivity index (χ4v) is 2.52. The third-order valence-electron chi connectivity index (χ3n) is 2.36. The molecule has 0 spiro atoms. The van der Waals surface area contributed by atoms with Gasteiger partial charge in [0.15, 0.2) is 5.13 Å². The van der Waals surface area contributed by atoms with Crippen molar-refractivity contribution < 1.29 is 14.7 Å². The second-order valence-corrected chi connectivity index (χ2v) is 4.80. The van der Waals surface area contributed by atoms with Gasteiger partial charge >= 0.3 is 6.03 Å². The number of carbonyl (C=O) groups is 1. The van der Waals surface area contributed by atoms with Crippen molar-refractivity contribution in [2.24, 2.45) is 5.16 Å². The van der Waals surface area contributed by atoms with E-state index < -0.39 is 0 Å². The fraction of sp³-hybridized carbons (Fsp3) is 0.250. The van der Waals surface area contributed by atoms with Crippen LogP contribution in [0, 0.1) is 0 Å². The maximum atomic E-state index is 11.5. The minimum atomic E-state index is -0.317. The molecule has 1 aromatic carbocycles. The van der Waals surface area contributed by atoms with Crippen molar-refractivity contribution in [3.8, 4) is 5.75 Å². The van der Waals surface area contributed by atoms with Crippen LogP contribution in [0.5, 0.6) is 5.75 Å². The molecule has 2 amide bonds. The summed E-state index contributed by atoms with van der Waals surface area (Å²) in [5.74, 6) is 0.0740. The maximum absolute atomic E-state index is 11.5. The van der Waals surface area contributed by atoms with E-state index in [1.54, 1.807) is 6.07 Å². The number of benzene rings is 1. The zero-order valence-electron chi connectivity index (χ0n) is 11.0. The number of aromatic hydroxyl groups is 1. The number of amides is 2. The van der Waals surface area contributed by atoms with Crippen LogP contribution in [0.15, 0.2) is 17.3 Å². The molecule has 0 unspecified atom stereocenters. The normalized spacial score (nSPS) is 10.9. The molecule has 2 aromatic rings. The Kier molecular flexibility index (Phi) is 4.36. The van der Waals surface area contributed by atoms with Crippen molar-refractivity contribution >= 4 is 38.9 Å². The summed E-state index contributed by atoms with van der Waals surface area (Å²) in [6.45, 7) is 2.36. The first-order chi connectivity index (χ1) is 9.63. The molecule has 1 heterocycles. The number of nitrogens with zero attached hydrogens (tertiary/aromatic N) is 2. The molecular weight excluding hydrogens is 280 g/mol. The number of nitrogens with one attached hydrogen (secondary N) is 2. The molecule has 0 aliphatic heterocycles. The van der Waals surface area contributed by atoms with E-state index in [-0.39, 0.29) is 11.8 Å². The minimum absolute atomic E-state index is 0.0740. The second kappa shape index (κ2) is 6.20.